The van der Waals surface area contributed by atoms with Crippen LogP contribution in [0.5, 0.6) is 5.75 Å². The zero-order chi connectivity index (χ0) is 29.7. The monoisotopic (exact) mass is 596 g/mol. The number of rotatable bonds is 9. The van der Waals surface area contributed by atoms with Crippen LogP contribution < -0.4 is 9.64 Å². The SMILES string of the molecule is O=C(O)c1cccc(-c2nnc(N3[C@@H]4CC[C@H]3C[C@@H](OCc3c(-c5ccccc5OC(F)(F)F)noc3C3CC3)C4)o2)c1. The van der Waals surface area contributed by atoms with Gasteiger partial charge >= 0.3 is 18.3 Å². The molecule has 2 aromatic carbocycles. The number of hydrogen-bond donors (Lipinski definition) is 1. The molecule has 0 spiro atoms. The number of para-hydroxylation sites is 1. The average Bonchev–Trinajstić information content (AvgIpc) is 3.44. The molecule has 1 aliphatic carbocycles. The standard InChI is InChI=1S/C30H27F3N4O6/c31-30(32,33)42-24-7-2-1-6-22(24)25-23(26(43-36-25)16-8-9-16)15-40-21-13-19-10-11-20(14-21)37(19)29-35-34-27(41-29)17-4-3-5-18(12-17)28(38)39/h1-7,12,16,19-21H,8-11,13-15H2,(H,38,39)/t19-,20+,21+. The first-order valence-corrected chi connectivity index (χ1v) is 14.1. The molecule has 1 N–H and O–H groups in total. The number of aromatic nitrogens is 3. The van der Waals surface area contributed by atoms with Crippen molar-refractivity contribution < 1.29 is 41.5 Å². The fourth-order valence-electron chi connectivity index (χ4n) is 6.21. The quantitative estimate of drug-likeness (QED) is 0.227. The van der Waals surface area contributed by atoms with E-state index in [9.17, 15) is 23.1 Å². The predicted molar refractivity (Wildman–Crippen MR) is 144 cm³/mol. The summed E-state index contributed by atoms with van der Waals surface area (Å²) in [5, 5.41) is 21.9. The van der Waals surface area contributed by atoms with E-state index in [2.05, 4.69) is 25.0 Å². The number of benzene rings is 2. The molecule has 3 fully saturated rings. The number of aromatic carboxylic acids is 1. The first-order chi connectivity index (χ1) is 20.7. The summed E-state index contributed by atoms with van der Waals surface area (Å²) >= 11 is 0. The van der Waals surface area contributed by atoms with Crippen LogP contribution in [0.15, 0.2) is 57.5 Å². The van der Waals surface area contributed by atoms with Crippen LogP contribution >= 0.6 is 0 Å². The molecule has 10 nitrogen and oxygen atoms in total. The number of carboxylic acids is 1. The number of halogens is 3. The van der Waals surface area contributed by atoms with Gasteiger partial charge in [-0.25, -0.2) is 4.79 Å². The van der Waals surface area contributed by atoms with Gasteiger partial charge in [-0.1, -0.05) is 28.5 Å². The Morgan fingerprint density at radius 2 is 1.79 bits per heavy atom. The van der Waals surface area contributed by atoms with Crippen LogP contribution in [-0.4, -0.2) is 51.0 Å². The molecule has 2 aliphatic heterocycles. The van der Waals surface area contributed by atoms with E-state index in [-0.39, 0.29) is 53.5 Å². The number of hydrogen-bond acceptors (Lipinski definition) is 9. The van der Waals surface area contributed by atoms with E-state index >= 15 is 0 Å². The zero-order valence-corrected chi connectivity index (χ0v) is 22.8. The molecule has 0 radical (unpaired) electrons. The van der Waals surface area contributed by atoms with Gasteiger partial charge in [-0.15, -0.1) is 18.3 Å². The number of anilines is 1. The summed E-state index contributed by atoms with van der Waals surface area (Å²) in [7, 11) is 0. The molecule has 0 amide bonds. The molecule has 224 valence electrons. The highest BCUT2D eigenvalue weighted by Gasteiger charge is 2.44. The molecule has 3 atom stereocenters. The van der Waals surface area contributed by atoms with Crippen LogP contribution in [0.2, 0.25) is 0 Å². The average molecular weight is 597 g/mol. The van der Waals surface area contributed by atoms with Crippen molar-refractivity contribution in [2.45, 2.75) is 75.6 Å². The maximum absolute atomic E-state index is 13.1. The molecule has 1 saturated carbocycles. The lowest BCUT2D eigenvalue weighted by atomic mass is 9.99. The zero-order valence-electron chi connectivity index (χ0n) is 22.8. The Labute approximate surface area is 243 Å². The fourth-order valence-corrected chi connectivity index (χ4v) is 6.21. The van der Waals surface area contributed by atoms with Gasteiger partial charge in [0.1, 0.15) is 17.2 Å². The Morgan fingerprint density at radius 1 is 1.02 bits per heavy atom. The molecule has 0 unspecified atom stereocenters. The van der Waals surface area contributed by atoms with Gasteiger partial charge in [0.05, 0.1) is 18.3 Å². The van der Waals surface area contributed by atoms with Gasteiger partial charge in [0.2, 0.25) is 5.89 Å². The van der Waals surface area contributed by atoms with Crippen molar-refractivity contribution in [2.75, 3.05) is 4.90 Å². The largest absolute Gasteiger partial charge is 0.573 e. The Morgan fingerprint density at radius 3 is 2.51 bits per heavy atom. The summed E-state index contributed by atoms with van der Waals surface area (Å²) in [6.07, 6.45) is 0.168. The Hall–Kier alpha value is -4.39. The van der Waals surface area contributed by atoms with Gasteiger partial charge in [-0.05, 0) is 68.9 Å². The summed E-state index contributed by atoms with van der Waals surface area (Å²) in [6, 6.07) is 12.9. The molecule has 2 bridgehead atoms. The van der Waals surface area contributed by atoms with E-state index in [1.807, 2.05) is 0 Å². The smallest absolute Gasteiger partial charge is 0.478 e. The Bertz CT molecular complexity index is 1630. The molecule has 7 rings (SSSR count). The summed E-state index contributed by atoms with van der Waals surface area (Å²) in [4.78, 5) is 13.5. The Kier molecular flexibility index (Phi) is 6.83. The second-order valence-electron chi connectivity index (χ2n) is 11.2. The third-order valence-corrected chi connectivity index (χ3v) is 8.28. The van der Waals surface area contributed by atoms with Crippen LogP contribution in [0.3, 0.4) is 0 Å². The van der Waals surface area contributed by atoms with Crippen molar-refractivity contribution >= 4 is 12.0 Å². The Balaban J connectivity index is 1.07. The minimum Gasteiger partial charge on any atom is -0.478 e. The van der Waals surface area contributed by atoms with E-state index in [4.69, 9.17) is 13.7 Å². The lowest BCUT2D eigenvalue weighted by Crippen LogP contribution is -2.45. The van der Waals surface area contributed by atoms with Crippen molar-refractivity contribution in [1.82, 2.24) is 15.4 Å². The van der Waals surface area contributed by atoms with Gasteiger partial charge in [0, 0.05) is 34.7 Å². The first-order valence-electron chi connectivity index (χ1n) is 14.1. The van der Waals surface area contributed by atoms with Crippen molar-refractivity contribution in [2.24, 2.45) is 0 Å². The van der Waals surface area contributed by atoms with E-state index < -0.39 is 12.3 Å². The van der Waals surface area contributed by atoms with Gasteiger partial charge in [-0.2, -0.15) is 0 Å². The molecule has 13 heteroatoms. The molecule has 2 saturated heterocycles. The van der Waals surface area contributed by atoms with Crippen LogP contribution in [0.1, 0.15) is 66.1 Å². The number of piperidine rings is 1. The summed E-state index contributed by atoms with van der Waals surface area (Å²) in [6.45, 7) is 0.153. The lowest BCUT2D eigenvalue weighted by Gasteiger charge is -2.37. The van der Waals surface area contributed by atoms with Crippen molar-refractivity contribution in [3.63, 3.8) is 0 Å². The highest BCUT2D eigenvalue weighted by molar-refractivity contribution is 5.89. The number of carboxylic acid groups (broad SMARTS) is 1. The van der Waals surface area contributed by atoms with E-state index in [0.29, 0.717) is 41.4 Å². The highest BCUT2D eigenvalue weighted by Crippen LogP contribution is 2.46. The predicted octanol–water partition coefficient (Wildman–Crippen LogP) is 6.58. The number of alkyl halides is 3. The maximum atomic E-state index is 13.1. The van der Waals surface area contributed by atoms with Gasteiger partial charge in [0.15, 0.2) is 0 Å². The molecular weight excluding hydrogens is 569 g/mol. The number of nitrogens with zero attached hydrogens (tertiary/aromatic N) is 4. The normalized spacial score (nSPS) is 21.7. The second kappa shape index (κ2) is 10.7. The molecule has 3 aliphatic rings. The van der Waals surface area contributed by atoms with E-state index in [1.54, 1.807) is 18.2 Å². The third-order valence-electron chi connectivity index (χ3n) is 8.28. The fraction of sp³-hybridized carbons (Fsp3) is 0.400. The number of ether oxygens (including phenoxy) is 2. The van der Waals surface area contributed by atoms with E-state index in [0.717, 1.165) is 25.7 Å². The lowest BCUT2D eigenvalue weighted by molar-refractivity contribution is -0.274. The van der Waals surface area contributed by atoms with Crippen molar-refractivity contribution in [1.29, 1.82) is 0 Å². The van der Waals surface area contributed by atoms with Crippen LogP contribution in [0.25, 0.3) is 22.7 Å². The minimum atomic E-state index is -4.84. The molecule has 2 aromatic heterocycles. The second-order valence-corrected chi connectivity index (χ2v) is 11.2. The van der Waals surface area contributed by atoms with Crippen molar-refractivity contribution in [3.05, 3.63) is 65.4 Å². The highest BCUT2D eigenvalue weighted by atomic mass is 19.4. The maximum Gasteiger partial charge on any atom is 0.573 e. The number of fused-ring (bicyclic) bond motifs is 2. The van der Waals surface area contributed by atoms with Gasteiger partial charge in [0.25, 0.3) is 0 Å². The summed E-state index contributed by atoms with van der Waals surface area (Å²) in [5.41, 5.74) is 1.81. The minimum absolute atomic E-state index is 0.0974. The first kappa shape index (κ1) is 27.4. The number of carbonyl (C=O) groups is 1. The van der Waals surface area contributed by atoms with E-state index in [1.165, 1.54) is 30.3 Å². The molecular formula is C30H27F3N4O6. The van der Waals surface area contributed by atoms with Crippen molar-refractivity contribution in [3.8, 4) is 28.5 Å². The van der Waals surface area contributed by atoms with Crippen LogP contribution in [0.4, 0.5) is 19.2 Å². The summed E-state index contributed by atoms with van der Waals surface area (Å²) in [5.74, 6) is -0.299. The summed E-state index contributed by atoms with van der Waals surface area (Å²) < 4.78 is 61.7. The topological polar surface area (TPSA) is 124 Å². The van der Waals surface area contributed by atoms with Crippen LogP contribution in [0, 0.1) is 0 Å². The molecule has 43 heavy (non-hydrogen) atoms. The van der Waals surface area contributed by atoms with Crippen LogP contribution in [-0.2, 0) is 11.3 Å². The molecule has 4 aromatic rings. The van der Waals surface area contributed by atoms with Gasteiger partial charge in [-0.3, -0.25) is 0 Å². The third kappa shape index (κ3) is 5.56. The molecule has 4 heterocycles. The van der Waals surface area contributed by atoms with Gasteiger partial charge < -0.3 is 28.4 Å².